The largest absolute Gasteiger partial charge is 0.476 e. The summed E-state index contributed by atoms with van der Waals surface area (Å²) in [5, 5.41) is 14.1. The Morgan fingerprint density at radius 2 is 2.17 bits per heavy atom. The van der Waals surface area contributed by atoms with Gasteiger partial charge in [-0.1, -0.05) is 0 Å². The van der Waals surface area contributed by atoms with E-state index in [2.05, 4.69) is 20.3 Å². The molecule has 0 aliphatic rings. The van der Waals surface area contributed by atoms with Gasteiger partial charge in [0.05, 0.1) is 6.54 Å². The van der Waals surface area contributed by atoms with Gasteiger partial charge in [-0.2, -0.15) is 0 Å². The van der Waals surface area contributed by atoms with Gasteiger partial charge in [0.1, 0.15) is 16.6 Å². The molecule has 0 aliphatic heterocycles. The molecule has 6 nitrogen and oxygen atoms in total. The van der Waals surface area contributed by atoms with Crippen molar-refractivity contribution in [3.63, 3.8) is 0 Å². The SMILES string of the molecule is Cc1cc(NCc2nc(C(=O)O)cs2)nc(C)n1. The van der Waals surface area contributed by atoms with Crippen LogP contribution in [0.1, 0.15) is 27.0 Å². The van der Waals surface area contributed by atoms with Crippen LogP contribution in [0.25, 0.3) is 0 Å². The van der Waals surface area contributed by atoms with E-state index in [-0.39, 0.29) is 5.69 Å². The van der Waals surface area contributed by atoms with Gasteiger partial charge in [-0.15, -0.1) is 11.3 Å². The molecule has 0 spiro atoms. The highest BCUT2D eigenvalue weighted by Crippen LogP contribution is 2.12. The molecule has 2 heterocycles. The molecular formula is C11H12N4O2S. The summed E-state index contributed by atoms with van der Waals surface area (Å²) in [6, 6.07) is 1.83. The van der Waals surface area contributed by atoms with E-state index in [0.717, 1.165) is 5.69 Å². The van der Waals surface area contributed by atoms with Crippen LogP contribution in [-0.2, 0) is 6.54 Å². The maximum absolute atomic E-state index is 10.7. The zero-order valence-electron chi connectivity index (χ0n) is 9.97. The van der Waals surface area contributed by atoms with Crippen LogP contribution in [0.4, 0.5) is 5.82 Å². The van der Waals surface area contributed by atoms with Crippen LogP contribution >= 0.6 is 11.3 Å². The van der Waals surface area contributed by atoms with Gasteiger partial charge in [-0.05, 0) is 13.8 Å². The smallest absolute Gasteiger partial charge is 0.355 e. The normalized spacial score (nSPS) is 10.3. The lowest BCUT2D eigenvalue weighted by Gasteiger charge is -2.04. The predicted molar refractivity (Wildman–Crippen MR) is 67.9 cm³/mol. The Balaban J connectivity index is 2.04. The fourth-order valence-electron chi connectivity index (χ4n) is 1.46. The molecule has 0 aliphatic carbocycles. The summed E-state index contributed by atoms with van der Waals surface area (Å²) in [5.74, 6) is 0.404. The first kappa shape index (κ1) is 12.4. The molecule has 2 rings (SSSR count). The molecular weight excluding hydrogens is 252 g/mol. The van der Waals surface area contributed by atoms with Gasteiger partial charge in [-0.3, -0.25) is 0 Å². The highest BCUT2D eigenvalue weighted by molar-refractivity contribution is 7.09. The summed E-state index contributed by atoms with van der Waals surface area (Å²) in [5.41, 5.74) is 0.960. The number of aromatic carboxylic acids is 1. The summed E-state index contributed by atoms with van der Waals surface area (Å²) in [7, 11) is 0. The Hall–Kier alpha value is -2.02. The lowest BCUT2D eigenvalue weighted by molar-refractivity contribution is 0.0691. The Labute approximate surface area is 108 Å². The summed E-state index contributed by atoms with van der Waals surface area (Å²) in [6.45, 7) is 4.17. The number of rotatable bonds is 4. The highest BCUT2D eigenvalue weighted by atomic mass is 32.1. The molecule has 2 N–H and O–H groups in total. The van der Waals surface area contributed by atoms with E-state index >= 15 is 0 Å². The van der Waals surface area contributed by atoms with Crippen LogP contribution < -0.4 is 5.32 Å². The van der Waals surface area contributed by atoms with Crippen molar-refractivity contribution in [1.82, 2.24) is 15.0 Å². The van der Waals surface area contributed by atoms with E-state index in [1.54, 1.807) is 0 Å². The second-order valence-electron chi connectivity index (χ2n) is 3.73. The first-order chi connectivity index (χ1) is 8.54. The van der Waals surface area contributed by atoms with Gasteiger partial charge >= 0.3 is 5.97 Å². The molecule has 0 amide bonds. The number of carboxylic acid groups (broad SMARTS) is 1. The number of carbonyl (C=O) groups is 1. The summed E-state index contributed by atoms with van der Waals surface area (Å²) in [6.07, 6.45) is 0. The Morgan fingerprint density at radius 3 is 2.78 bits per heavy atom. The first-order valence-electron chi connectivity index (χ1n) is 5.28. The van der Waals surface area contributed by atoms with Crippen molar-refractivity contribution in [3.05, 3.63) is 33.7 Å². The molecule has 0 radical (unpaired) electrons. The molecule has 2 aromatic heterocycles. The van der Waals surface area contributed by atoms with Gasteiger partial charge in [0.2, 0.25) is 0 Å². The molecule has 0 aromatic carbocycles. The average molecular weight is 264 g/mol. The number of anilines is 1. The molecule has 0 saturated heterocycles. The molecule has 0 fully saturated rings. The van der Waals surface area contributed by atoms with Crippen LogP contribution in [0.5, 0.6) is 0 Å². The third-order valence-corrected chi connectivity index (χ3v) is 3.01. The fourth-order valence-corrected chi connectivity index (χ4v) is 2.17. The van der Waals surface area contributed by atoms with E-state index < -0.39 is 5.97 Å². The quantitative estimate of drug-likeness (QED) is 0.876. The summed E-state index contributed by atoms with van der Waals surface area (Å²) >= 11 is 1.31. The van der Waals surface area contributed by atoms with E-state index in [4.69, 9.17) is 5.11 Å². The topological polar surface area (TPSA) is 88.0 Å². The van der Waals surface area contributed by atoms with Gasteiger partial charge in [0.15, 0.2) is 5.69 Å². The minimum absolute atomic E-state index is 0.0758. The highest BCUT2D eigenvalue weighted by Gasteiger charge is 2.08. The third-order valence-electron chi connectivity index (χ3n) is 2.16. The molecule has 0 bridgehead atoms. The molecule has 0 atom stereocenters. The van der Waals surface area contributed by atoms with Crippen molar-refractivity contribution < 1.29 is 9.90 Å². The Morgan fingerprint density at radius 1 is 1.39 bits per heavy atom. The third kappa shape index (κ3) is 3.01. The van der Waals surface area contributed by atoms with Gasteiger partial charge < -0.3 is 10.4 Å². The second kappa shape index (κ2) is 5.09. The number of aryl methyl sites for hydroxylation is 2. The van der Waals surface area contributed by atoms with Gasteiger partial charge in [-0.25, -0.2) is 19.7 Å². The van der Waals surface area contributed by atoms with Crippen molar-refractivity contribution in [2.45, 2.75) is 20.4 Å². The van der Waals surface area contributed by atoms with Crippen molar-refractivity contribution >= 4 is 23.1 Å². The first-order valence-corrected chi connectivity index (χ1v) is 6.16. The van der Waals surface area contributed by atoms with E-state index in [1.807, 2.05) is 19.9 Å². The maximum Gasteiger partial charge on any atom is 0.355 e. The zero-order valence-corrected chi connectivity index (χ0v) is 10.8. The fraction of sp³-hybridized carbons (Fsp3) is 0.273. The number of carboxylic acids is 1. The van der Waals surface area contributed by atoms with Crippen LogP contribution in [0.3, 0.4) is 0 Å². The van der Waals surface area contributed by atoms with Crippen molar-refractivity contribution in [3.8, 4) is 0 Å². The Bertz CT molecular complexity index is 562. The number of thiazole rings is 1. The van der Waals surface area contributed by atoms with Crippen molar-refractivity contribution in [2.24, 2.45) is 0 Å². The number of nitrogens with zero attached hydrogens (tertiary/aromatic N) is 3. The monoisotopic (exact) mass is 264 g/mol. The Kier molecular flexibility index (Phi) is 3.52. The van der Waals surface area contributed by atoms with Crippen molar-refractivity contribution in [2.75, 3.05) is 5.32 Å². The van der Waals surface area contributed by atoms with E-state index in [0.29, 0.717) is 23.2 Å². The average Bonchev–Trinajstić information content (AvgIpc) is 2.73. The summed E-state index contributed by atoms with van der Waals surface area (Å²) in [4.78, 5) is 23.1. The van der Waals surface area contributed by atoms with Crippen molar-refractivity contribution in [1.29, 1.82) is 0 Å². The summed E-state index contributed by atoms with van der Waals surface area (Å²) < 4.78 is 0. The molecule has 18 heavy (non-hydrogen) atoms. The van der Waals surface area contributed by atoms with E-state index in [1.165, 1.54) is 16.7 Å². The second-order valence-corrected chi connectivity index (χ2v) is 4.67. The maximum atomic E-state index is 10.7. The minimum Gasteiger partial charge on any atom is -0.476 e. The molecule has 0 unspecified atom stereocenters. The lowest BCUT2D eigenvalue weighted by atomic mass is 10.4. The van der Waals surface area contributed by atoms with Crippen LogP contribution in [0.2, 0.25) is 0 Å². The molecule has 7 heteroatoms. The molecule has 0 saturated carbocycles. The number of aromatic nitrogens is 3. The zero-order chi connectivity index (χ0) is 13.1. The molecule has 2 aromatic rings. The lowest BCUT2D eigenvalue weighted by Crippen LogP contribution is -2.04. The number of nitrogens with one attached hydrogen (secondary N) is 1. The van der Waals surface area contributed by atoms with Gasteiger partial charge in [0.25, 0.3) is 0 Å². The van der Waals surface area contributed by atoms with Crippen LogP contribution in [0, 0.1) is 13.8 Å². The predicted octanol–water partition coefficient (Wildman–Crippen LogP) is 1.86. The van der Waals surface area contributed by atoms with E-state index in [9.17, 15) is 4.79 Å². The van der Waals surface area contributed by atoms with Crippen LogP contribution in [0.15, 0.2) is 11.4 Å². The van der Waals surface area contributed by atoms with Crippen LogP contribution in [-0.4, -0.2) is 26.0 Å². The number of hydrogen-bond acceptors (Lipinski definition) is 6. The standard InChI is InChI=1S/C11H12N4O2S/c1-6-3-9(14-7(2)13-6)12-4-10-15-8(5-18-10)11(16)17/h3,5H,4H2,1-2H3,(H,16,17)(H,12,13,14). The minimum atomic E-state index is -1.01. The molecule has 94 valence electrons. The van der Waals surface area contributed by atoms with Gasteiger partial charge in [0, 0.05) is 17.1 Å². The number of hydrogen-bond donors (Lipinski definition) is 2.